The molecule has 1 heteroatoms. The number of hydrogen-bond donors (Lipinski definition) is 0. The smallest absolute Gasteiger partial charge is 0.0468 e. The maximum Gasteiger partial charge on any atom is 0.0468 e. The second kappa shape index (κ2) is 14.8. The number of benzene rings is 10. The van der Waals surface area contributed by atoms with Gasteiger partial charge in [0.05, 0.1) is 0 Å². The predicted octanol–water partition coefficient (Wildman–Crippen LogP) is 17.7. The molecule has 1 fully saturated rings. The molecule has 0 unspecified atom stereocenters. The molecule has 0 N–H and O–H groups in total. The van der Waals surface area contributed by atoms with Crippen molar-refractivity contribution >= 4 is 65.7 Å². The van der Waals surface area contributed by atoms with Crippen molar-refractivity contribution in [3.63, 3.8) is 0 Å². The van der Waals surface area contributed by atoms with E-state index in [0.717, 1.165) is 24.2 Å². The van der Waals surface area contributed by atoms with Crippen LogP contribution >= 0.6 is 0 Å². The van der Waals surface area contributed by atoms with E-state index in [2.05, 4.69) is 217 Å². The van der Waals surface area contributed by atoms with Crippen LogP contribution < -0.4 is 4.90 Å². The molecule has 0 saturated heterocycles. The number of hydrogen-bond acceptors (Lipinski definition) is 1. The lowest BCUT2D eigenvalue weighted by Gasteiger charge is -2.30. The van der Waals surface area contributed by atoms with Crippen molar-refractivity contribution in [2.24, 2.45) is 0 Å². The largest absolute Gasteiger partial charge is 0.310 e. The highest BCUT2D eigenvalue weighted by atomic mass is 15.1. The lowest BCUT2D eigenvalue weighted by atomic mass is 9.76. The maximum absolute atomic E-state index is 2.55. The van der Waals surface area contributed by atoms with Crippen LogP contribution in [0.5, 0.6) is 0 Å². The average Bonchev–Trinajstić information content (AvgIpc) is 3.97. The van der Waals surface area contributed by atoms with E-state index in [1.54, 1.807) is 0 Å². The Balaban J connectivity index is 1.12. The van der Waals surface area contributed by atoms with Crippen LogP contribution in [0.4, 0.5) is 17.1 Å². The molecular formula is C63H47N. The summed E-state index contributed by atoms with van der Waals surface area (Å²) in [4.78, 5) is 2.53. The Hall–Kier alpha value is -7.48. The molecule has 3 aliphatic rings. The quantitative estimate of drug-likeness (QED) is 0.151. The molecular weight excluding hydrogens is 771 g/mol. The van der Waals surface area contributed by atoms with Gasteiger partial charge >= 0.3 is 0 Å². The van der Waals surface area contributed by atoms with Gasteiger partial charge in [-0.2, -0.15) is 0 Å². The molecule has 64 heavy (non-hydrogen) atoms. The third kappa shape index (κ3) is 5.70. The molecule has 0 aromatic heterocycles. The van der Waals surface area contributed by atoms with Gasteiger partial charge in [-0.15, -0.1) is 0 Å². The Labute approximate surface area is 375 Å². The van der Waals surface area contributed by atoms with Crippen LogP contribution in [0.2, 0.25) is 0 Å². The summed E-state index contributed by atoms with van der Waals surface area (Å²) in [6, 6.07) is 73.4. The van der Waals surface area contributed by atoms with E-state index in [4.69, 9.17) is 0 Å². The lowest BCUT2D eigenvalue weighted by molar-refractivity contribution is 0.550. The summed E-state index contributed by atoms with van der Waals surface area (Å²) in [5.74, 6) is 0. The Bertz CT molecular complexity index is 3550. The summed E-state index contributed by atoms with van der Waals surface area (Å²) in [5, 5.41) is 10.2. The van der Waals surface area contributed by atoms with Crippen molar-refractivity contribution in [3.8, 4) is 33.4 Å². The van der Waals surface area contributed by atoms with Crippen LogP contribution in [0.1, 0.15) is 55.2 Å². The Kier molecular flexibility index (Phi) is 8.59. The normalized spacial score (nSPS) is 15.0. The number of rotatable bonds is 6. The van der Waals surface area contributed by atoms with Gasteiger partial charge in [0.2, 0.25) is 0 Å². The summed E-state index contributed by atoms with van der Waals surface area (Å²) in [6.07, 6.45) is 14.2. The number of fused-ring (bicyclic) bond motifs is 12. The van der Waals surface area contributed by atoms with Gasteiger partial charge in [0.1, 0.15) is 0 Å². The molecule has 10 aromatic carbocycles. The molecule has 1 saturated carbocycles. The Morgan fingerprint density at radius 1 is 0.391 bits per heavy atom. The van der Waals surface area contributed by atoms with Gasteiger partial charge in [0, 0.05) is 22.5 Å². The highest BCUT2D eigenvalue weighted by molar-refractivity contribution is 6.33. The molecule has 13 rings (SSSR count). The SMILES string of the molecule is C1=CC(c2cc(-c3ccccc3)c3c4ccccc4c4cc(N(c5ccc6c(c5)C5(CCCC5)c5ccccc5-6)c5ccc6ccccc6c5)ccc4c3c2-c2ccccc2)=CCC1. The van der Waals surface area contributed by atoms with E-state index < -0.39 is 0 Å². The van der Waals surface area contributed by atoms with Crippen LogP contribution in [-0.2, 0) is 5.41 Å². The van der Waals surface area contributed by atoms with E-state index in [-0.39, 0.29) is 5.41 Å². The number of allylic oxidation sites excluding steroid dienone is 4. The first-order valence-corrected chi connectivity index (χ1v) is 23.2. The highest BCUT2D eigenvalue weighted by Gasteiger charge is 2.45. The van der Waals surface area contributed by atoms with Crippen LogP contribution in [0.3, 0.4) is 0 Å². The summed E-state index contributed by atoms with van der Waals surface area (Å²) >= 11 is 0. The Morgan fingerprint density at radius 3 is 1.84 bits per heavy atom. The standard InChI is InChI=1S/C63H47N/c1-4-19-43(20-5-1)55-41-56(44-21-6-2-7-22-44)61-53-28-13-12-26-50(53)57-39-48(33-35-54(57)62(61)60(55)45-23-8-3-9-24-45)64(47-31-30-42-18-10-11-25-46(42)38-47)49-32-34-52-51-27-14-15-29-58(51)63(59(52)40-49)36-16-17-37-63/h2-4,6-15,18-35,38-41H,1,5,16-17,36-37H2. The predicted molar refractivity (Wildman–Crippen MR) is 273 cm³/mol. The maximum atomic E-state index is 2.55. The van der Waals surface area contributed by atoms with Crippen molar-refractivity contribution in [1.29, 1.82) is 0 Å². The van der Waals surface area contributed by atoms with Gasteiger partial charge in [-0.05, 0) is 167 Å². The zero-order chi connectivity index (χ0) is 42.2. The van der Waals surface area contributed by atoms with E-state index in [1.165, 1.54) is 130 Å². The molecule has 3 aliphatic carbocycles. The van der Waals surface area contributed by atoms with E-state index in [9.17, 15) is 0 Å². The molecule has 1 nitrogen and oxygen atoms in total. The fraction of sp³-hybridized carbons (Fsp3) is 0.111. The number of nitrogens with zero attached hydrogens (tertiary/aromatic N) is 1. The summed E-state index contributed by atoms with van der Waals surface area (Å²) < 4.78 is 0. The van der Waals surface area contributed by atoms with Crippen molar-refractivity contribution in [1.82, 2.24) is 0 Å². The van der Waals surface area contributed by atoms with Crippen LogP contribution in [0, 0.1) is 0 Å². The molecule has 10 aromatic rings. The fourth-order valence-corrected chi connectivity index (χ4v) is 11.9. The molecule has 0 bridgehead atoms. The third-order valence-electron chi connectivity index (χ3n) is 14.8. The molecule has 0 radical (unpaired) electrons. The first kappa shape index (κ1) is 37.1. The summed E-state index contributed by atoms with van der Waals surface area (Å²) in [5.41, 5.74) is 17.0. The van der Waals surface area contributed by atoms with Crippen LogP contribution in [-0.4, -0.2) is 0 Å². The van der Waals surface area contributed by atoms with Gasteiger partial charge < -0.3 is 4.90 Å². The minimum atomic E-state index is 0.0699. The van der Waals surface area contributed by atoms with E-state index in [0.29, 0.717) is 0 Å². The Morgan fingerprint density at radius 2 is 1.03 bits per heavy atom. The number of anilines is 3. The van der Waals surface area contributed by atoms with Gasteiger partial charge in [-0.3, -0.25) is 0 Å². The van der Waals surface area contributed by atoms with Crippen molar-refractivity contribution in [2.45, 2.75) is 43.9 Å². The molecule has 0 atom stereocenters. The van der Waals surface area contributed by atoms with Gasteiger partial charge in [0.25, 0.3) is 0 Å². The van der Waals surface area contributed by atoms with Crippen molar-refractivity contribution in [2.75, 3.05) is 4.90 Å². The monoisotopic (exact) mass is 817 g/mol. The van der Waals surface area contributed by atoms with Crippen LogP contribution in [0.25, 0.3) is 82.0 Å². The zero-order valence-electron chi connectivity index (χ0n) is 35.9. The lowest BCUT2D eigenvalue weighted by Crippen LogP contribution is -2.21. The molecule has 1 spiro atoms. The molecule has 0 aliphatic heterocycles. The van der Waals surface area contributed by atoms with Gasteiger partial charge in [0.15, 0.2) is 0 Å². The average molecular weight is 818 g/mol. The first-order chi connectivity index (χ1) is 31.7. The topological polar surface area (TPSA) is 3.24 Å². The second-order valence-electron chi connectivity index (χ2n) is 18.2. The highest BCUT2D eigenvalue weighted by Crippen LogP contribution is 2.58. The minimum Gasteiger partial charge on any atom is -0.310 e. The van der Waals surface area contributed by atoms with Crippen LogP contribution in [0.15, 0.2) is 212 Å². The fourth-order valence-electron chi connectivity index (χ4n) is 11.9. The molecule has 0 amide bonds. The minimum absolute atomic E-state index is 0.0699. The van der Waals surface area contributed by atoms with Crippen molar-refractivity contribution < 1.29 is 0 Å². The van der Waals surface area contributed by atoms with E-state index in [1.807, 2.05) is 0 Å². The molecule has 0 heterocycles. The summed E-state index contributed by atoms with van der Waals surface area (Å²) in [6.45, 7) is 0. The van der Waals surface area contributed by atoms with E-state index >= 15 is 0 Å². The molecule has 304 valence electrons. The zero-order valence-corrected chi connectivity index (χ0v) is 35.9. The van der Waals surface area contributed by atoms with Crippen molar-refractivity contribution in [3.05, 3.63) is 229 Å². The second-order valence-corrected chi connectivity index (χ2v) is 18.2. The summed E-state index contributed by atoms with van der Waals surface area (Å²) in [7, 11) is 0. The van der Waals surface area contributed by atoms with Gasteiger partial charge in [-0.1, -0.05) is 183 Å². The van der Waals surface area contributed by atoms with Gasteiger partial charge in [-0.25, -0.2) is 0 Å². The first-order valence-electron chi connectivity index (χ1n) is 23.2. The third-order valence-corrected chi connectivity index (χ3v) is 14.8.